The second-order valence-electron chi connectivity index (χ2n) is 14.7. The lowest BCUT2D eigenvalue weighted by molar-refractivity contribution is 1.47. The second-order valence-corrected chi connectivity index (χ2v) is 14.7. The van der Waals surface area contributed by atoms with Crippen LogP contribution in [-0.2, 0) is 0 Å². The molecule has 0 saturated carbocycles. The highest BCUT2D eigenvalue weighted by Crippen LogP contribution is 2.56. The average molecular weight is 635 g/mol. The fourth-order valence-corrected chi connectivity index (χ4v) is 9.43. The van der Waals surface area contributed by atoms with E-state index in [2.05, 4.69) is 161 Å². The van der Waals surface area contributed by atoms with Crippen LogP contribution in [0.2, 0.25) is 0 Å². The Morgan fingerprint density at radius 3 is 1.02 bits per heavy atom. The second kappa shape index (κ2) is 9.80. The average Bonchev–Trinajstić information content (AvgIpc) is 3.61. The van der Waals surface area contributed by atoms with Crippen molar-refractivity contribution in [3.8, 4) is 66.8 Å². The van der Waals surface area contributed by atoms with Gasteiger partial charge in [0.05, 0.1) is 0 Å². The van der Waals surface area contributed by atoms with E-state index >= 15 is 0 Å². The van der Waals surface area contributed by atoms with Crippen LogP contribution in [0.3, 0.4) is 0 Å². The van der Waals surface area contributed by atoms with Gasteiger partial charge in [0.2, 0.25) is 0 Å². The molecule has 0 atom stereocenters. The lowest BCUT2D eigenvalue weighted by Crippen LogP contribution is -1.94. The van der Waals surface area contributed by atoms with Crippen molar-refractivity contribution in [2.45, 2.75) is 27.7 Å². The molecular formula is C50H34. The number of benzene rings is 9. The van der Waals surface area contributed by atoms with E-state index in [4.69, 9.17) is 0 Å². The van der Waals surface area contributed by atoms with Crippen LogP contribution in [0.15, 0.2) is 133 Å². The number of fused-ring (bicyclic) bond motifs is 8. The van der Waals surface area contributed by atoms with Gasteiger partial charge < -0.3 is 0 Å². The molecule has 0 heterocycles. The maximum atomic E-state index is 2.53. The molecule has 0 nitrogen and oxygen atoms in total. The molecule has 11 rings (SSSR count). The van der Waals surface area contributed by atoms with Gasteiger partial charge in [-0.05, 0) is 173 Å². The van der Waals surface area contributed by atoms with Crippen molar-refractivity contribution in [2.75, 3.05) is 0 Å². The zero-order valence-corrected chi connectivity index (χ0v) is 28.7. The summed E-state index contributed by atoms with van der Waals surface area (Å²) >= 11 is 0. The number of aryl methyl sites for hydroxylation is 4. The van der Waals surface area contributed by atoms with Crippen LogP contribution in [0.1, 0.15) is 22.3 Å². The number of rotatable bonds is 2. The van der Waals surface area contributed by atoms with Crippen molar-refractivity contribution < 1.29 is 0 Å². The van der Waals surface area contributed by atoms with Crippen LogP contribution in [0, 0.1) is 27.7 Å². The lowest BCUT2D eigenvalue weighted by atomic mass is 9.82. The molecule has 9 aromatic carbocycles. The van der Waals surface area contributed by atoms with Gasteiger partial charge in [-0.25, -0.2) is 0 Å². The van der Waals surface area contributed by atoms with Crippen LogP contribution in [0.5, 0.6) is 0 Å². The van der Waals surface area contributed by atoms with Crippen molar-refractivity contribution in [1.82, 2.24) is 0 Å². The predicted octanol–water partition coefficient (Wildman–Crippen LogP) is 14.2. The first kappa shape index (κ1) is 27.9. The van der Waals surface area contributed by atoms with E-state index in [1.54, 1.807) is 0 Å². The van der Waals surface area contributed by atoms with Gasteiger partial charge in [0.25, 0.3) is 0 Å². The molecular weight excluding hydrogens is 601 g/mol. The molecule has 0 spiro atoms. The number of hydrogen-bond donors (Lipinski definition) is 0. The monoisotopic (exact) mass is 634 g/mol. The molecule has 234 valence electrons. The van der Waals surface area contributed by atoms with E-state index < -0.39 is 0 Å². The molecule has 0 bridgehead atoms. The summed E-state index contributed by atoms with van der Waals surface area (Å²) in [5.74, 6) is 0. The molecule has 2 aliphatic rings. The van der Waals surface area contributed by atoms with E-state index in [0.29, 0.717) is 0 Å². The summed E-state index contributed by atoms with van der Waals surface area (Å²) in [5.41, 5.74) is 21.1. The Balaban J connectivity index is 1.37. The first-order valence-electron chi connectivity index (χ1n) is 17.8. The minimum Gasteiger partial charge on any atom is -0.0614 e. The summed E-state index contributed by atoms with van der Waals surface area (Å²) in [7, 11) is 0. The van der Waals surface area contributed by atoms with Gasteiger partial charge in [-0.15, -0.1) is 0 Å². The van der Waals surface area contributed by atoms with Gasteiger partial charge in [-0.2, -0.15) is 0 Å². The van der Waals surface area contributed by atoms with Crippen LogP contribution < -0.4 is 0 Å². The molecule has 0 aliphatic heterocycles. The largest absolute Gasteiger partial charge is 0.0614 e. The zero-order valence-electron chi connectivity index (χ0n) is 28.7. The van der Waals surface area contributed by atoms with Gasteiger partial charge in [0.15, 0.2) is 0 Å². The Bertz CT molecular complexity index is 2720. The standard InChI is InChI=1S/C50H34/c1-27-9-5-11-31(21-27)47-43-23-39-35-15-7-13-33-29(3)17-19-37(49(33)35)41(39)25-45(43)48(32-12-6-10-28(2)22-32)46-26-42-38-20-18-30(4)34-14-8-16-36(50(34)38)40(42)24-44(46)47/h5-26H,1-4H3. The predicted molar refractivity (Wildman–Crippen MR) is 215 cm³/mol. The topological polar surface area (TPSA) is 0 Å². The zero-order chi connectivity index (χ0) is 33.4. The van der Waals surface area contributed by atoms with E-state index in [0.717, 1.165) is 0 Å². The Kier molecular flexibility index (Phi) is 5.47. The minimum atomic E-state index is 1.27. The summed E-state index contributed by atoms with van der Waals surface area (Å²) in [6.07, 6.45) is 0. The maximum Gasteiger partial charge on any atom is -0.00237 e. The quantitative estimate of drug-likeness (QED) is 0.166. The lowest BCUT2D eigenvalue weighted by Gasteiger charge is -2.21. The normalized spacial score (nSPS) is 12.4. The van der Waals surface area contributed by atoms with E-state index in [9.17, 15) is 0 Å². The van der Waals surface area contributed by atoms with Crippen LogP contribution in [0.4, 0.5) is 0 Å². The van der Waals surface area contributed by atoms with Gasteiger partial charge in [0.1, 0.15) is 0 Å². The molecule has 0 saturated heterocycles. The Morgan fingerprint density at radius 1 is 0.280 bits per heavy atom. The number of hydrogen-bond acceptors (Lipinski definition) is 0. The Labute approximate surface area is 292 Å². The Hall–Kier alpha value is -5.98. The molecule has 2 aliphatic carbocycles. The molecule has 9 aromatic rings. The third-order valence-corrected chi connectivity index (χ3v) is 11.7. The molecule has 0 N–H and O–H groups in total. The van der Waals surface area contributed by atoms with Crippen LogP contribution in [-0.4, -0.2) is 0 Å². The van der Waals surface area contributed by atoms with Crippen molar-refractivity contribution >= 4 is 43.1 Å². The van der Waals surface area contributed by atoms with Crippen molar-refractivity contribution in [1.29, 1.82) is 0 Å². The van der Waals surface area contributed by atoms with Gasteiger partial charge in [-0.3, -0.25) is 0 Å². The SMILES string of the molecule is Cc1cccc(-c2c3cc4c(cc3c(-c3cccc(C)c3)c3cc5c(cc23)-c2cccc3c(C)ccc-5c23)-c2ccc(C)c3cccc-4c23)c1. The summed E-state index contributed by atoms with van der Waals surface area (Å²) in [6.45, 7) is 8.90. The van der Waals surface area contributed by atoms with Crippen molar-refractivity contribution in [3.63, 3.8) is 0 Å². The van der Waals surface area contributed by atoms with E-state index in [1.165, 1.54) is 132 Å². The molecule has 50 heavy (non-hydrogen) atoms. The molecule has 0 heteroatoms. The third kappa shape index (κ3) is 3.61. The van der Waals surface area contributed by atoms with Gasteiger partial charge in [0, 0.05) is 0 Å². The fraction of sp³-hybridized carbons (Fsp3) is 0.0800. The van der Waals surface area contributed by atoms with E-state index in [-0.39, 0.29) is 0 Å². The molecule has 0 aromatic heterocycles. The Morgan fingerprint density at radius 2 is 0.640 bits per heavy atom. The van der Waals surface area contributed by atoms with E-state index in [1.807, 2.05) is 0 Å². The van der Waals surface area contributed by atoms with Crippen molar-refractivity contribution in [3.05, 3.63) is 156 Å². The fourth-order valence-electron chi connectivity index (χ4n) is 9.43. The van der Waals surface area contributed by atoms with Gasteiger partial charge in [-0.1, -0.05) is 120 Å². The summed E-state index contributed by atoms with van der Waals surface area (Å²) < 4.78 is 0. The van der Waals surface area contributed by atoms with Crippen molar-refractivity contribution in [2.24, 2.45) is 0 Å². The minimum absolute atomic E-state index is 1.27. The van der Waals surface area contributed by atoms with Crippen LogP contribution in [0.25, 0.3) is 110 Å². The molecule has 0 unspecified atom stereocenters. The third-order valence-electron chi connectivity index (χ3n) is 11.7. The molecule has 0 fully saturated rings. The first-order valence-corrected chi connectivity index (χ1v) is 17.8. The van der Waals surface area contributed by atoms with Gasteiger partial charge >= 0.3 is 0 Å². The maximum absolute atomic E-state index is 2.53. The smallest absolute Gasteiger partial charge is 0.00237 e. The summed E-state index contributed by atoms with van der Waals surface area (Å²) in [4.78, 5) is 0. The highest BCUT2D eigenvalue weighted by atomic mass is 14.3. The van der Waals surface area contributed by atoms with Crippen LogP contribution >= 0.6 is 0 Å². The molecule has 0 radical (unpaired) electrons. The highest BCUT2D eigenvalue weighted by molar-refractivity contribution is 6.28. The summed E-state index contributed by atoms with van der Waals surface area (Å²) in [5, 5.41) is 10.7. The summed E-state index contributed by atoms with van der Waals surface area (Å²) in [6, 6.07) is 51.3. The highest BCUT2D eigenvalue weighted by Gasteiger charge is 2.28. The first-order chi connectivity index (χ1) is 24.4. The molecule has 0 amide bonds.